The number of aliphatic carboxylic acids is 2. The Bertz CT molecular complexity index is 3560. The number of aliphatic hydroxyl groups is 25. The highest BCUT2D eigenvalue weighted by atomic mass is 16.8. The quantitative estimate of drug-likeness (QED) is 0.0280. The molecule has 9 aliphatic heterocycles. The second-order valence-electron chi connectivity index (χ2n) is 31.7. The van der Waals surface area contributed by atoms with Crippen LogP contribution in [0.4, 0.5) is 0 Å². The van der Waals surface area contributed by atoms with Crippen molar-refractivity contribution in [3.8, 4) is 0 Å². The first-order valence-electron chi connectivity index (χ1n) is 39.7. The summed E-state index contributed by atoms with van der Waals surface area (Å²) >= 11 is 0. The first-order valence-corrected chi connectivity index (χ1v) is 39.7. The van der Waals surface area contributed by atoms with Crippen LogP contribution in [-0.4, -0.2) is 519 Å². The molecule has 9 fully saturated rings. The first kappa shape index (κ1) is 104. The van der Waals surface area contributed by atoms with Gasteiger partial charge in [-0.05, 0) is 6.92 Å². The molecule has 9 heterocycles. The minimum Gasteiger partial charge on any atom is -0.477 e. The van der Waals surface area contributed by atoms with E-state index < -0.39 is 394 Å². The molecule has 9 saturated heterocycles. The lowest BCUT2D eigenvalue weighted by molar-refractivity contribution is -0.392. The van der Waals surface area contributed by atoms with Crippen molar-refractivity contribution in [1.29, 1.82) is 0 Å². The second kappa shape index (κ2) is 44.4. The summed E-state index contributed by atoms with van der Waals surface area (Å²) in [6, 6.07) is -9.50. The van der Waals surface area contributed by atoms with Crippen LogP contribution in [-0.2, 0) is 114 Å². The largest absolute Gasteiger partial charge is 0.477 e. The number of carboxylic acids is 2. The molecule has 5 amide bonds. The van der Waals surface area contributed by atoms with Crippen LogP contribution in [0.1, 0.15) is 54.4 Å². The summed E-state index contributed by atoms with van der Waals surface area (Å²) in [5.74, 6) is -15.7. The molecule has 126 heavy (non-hydrogen) atoms. The highest BCUT2D eigenvalue weighted by Gasteiger charge is 2.65. The van der Waals surface area contributed by atoms with E-state index in [0.29, 0.717) is 0 Å². The Kier molecular flexibility index (Phi) is 36.8. The van der Waals surface area contributed by atoms with Gasteiger partial charge in [0.25, 0.3) is 11.6 Å². The Labute approximate surface area is 712 Å². The molecule has 726 valence electrons. The van der Waals surface area contributed by atoms with E-state index in [-0.39, 0.29) is 0 Å². The Morgan fingerprint density at radius 1 is 0.341 bits per heavy atom. The molecule has 32 N–H and O–H groups in total. The molecule has 9 aliphatic rings. The molecule has 9 rings (SSSR count). The third-order valence-corrected chi connectivity index (χ3v) is 22.7. The fraction of sp³-hybridized carbons (Fsp3) is 0.900. The van der Waals surface area contributed by atoms with Gasteiger partial charge in [0, 0.05) is 47.5 Å². The lowest BCUT2D eigenvalue weighted by Crippen LogP contribution is -2.72. The first-order chi connectivity index (χ1) is 59.2. The van der Waals surface area contributed by atoms with Crippen molar-refractivity contribution in [3.63, 3.8) is 0 Å². The van der Waals surface area contributed by atoms with Crippen LogP contribution >= 0.6 is 0 Å². The van der Waals surface area contributed by atoms with Gasteiger partial charge >= 0.3 is 11.9 Å². The van der Waals surface area contributed by atoms with Crippen LogP contribution in [0.3, 0.4) is 0 Å². The summed E-state index contributed by atoms with van der Waals surface area (Å²) < 4.78 is 100. The van der Waals surface area contributed by atoms with E-state index >= 15 is 0 Å². The lowest BCUT2D eigenvalue weighted by Gasteiger charge is -2.52. The van der Waals surface area contributed by atoms with E-state index in [1.54, 1.807) is 0 Å². The number of ether oxygens (including phenoxy) is 17. The Morgan fingerprint density at radius 3 is 1.10 bits per heavy atom. The highest BCUT2D eigenvalue weighted by molar-refractivity contribution is 5.78. The minimum atomic E-state index is -3.33. The second-order valence-corrected chi connectivity index (χ2v) is 31.7. The van der Waals surface area contributed by atoms with Gasteiger partial charge in [0.05, 0.1) is 83.3 Å². The predicted octanol–water partition coefficient (Wildman–Crippen LogP) is -20.5. The van der Waals surface area contributed by atoms with Gasteiger partial charge in [0.15, 0.2) is 44.0 Å². The molecule has 56 heteroatoms. The van der Waals surface area contributed by atoms with Crippen molar-refractivity contribution in [2.45, 2.75) is 342 Å². The van der Waals surface area contributed by atoms with Gasteiger partial charge in [-0.25, -0.2) is 9.59 Å². The fourth-order valence-electron chi connectivity index (χ4n) is 16.2. The maximum absolute atomic E-state index is 13.5. The number of nitrogens with one attached hydrogen (secondary N) is 5. The van der Waals surface area contributed by atoms with Gasteiger partial charge < -0.3 is 245 Å². The number of carboxylic acid groups (broad SMARTS) is 2. The van der Waals surface area contributed by atoms with E-state index in [2.05, 4.69) is 26.6 Å². The molecule has 0 unspecified atom stereocenters. The molecule has 0 aromatic rings. The number of carbonyl (C=O) groups is 7. The van der Waals surface area contributed by atoms with Gasteiger partial charge in [-0.1, -0.05) is 0 Å². The summed E-state index contributed by atoms with van der Waals surface area (Å²) in [7, 11) is 0. The number of rotatable bonds is 35. The van der Waals surface area contributed by atoms with E-state index in [9.17, 15) is 171 Å². The highest BCUT2D eigenvalue weighted by Crippen LogP contribution is 2.44. The van der Waals surface area contributed by atoms with Crippen molar-refractivity contribution < 1.29 is 252 Å². The number of hydrogen-bond acceptors (Lipinski definition) is 49. The van der Waals surface area contributed by atoms with Crippen molar-refractivity contribution in [1.82, 2.24) is 26.6 Å². The average molecular weight is 1840 g/mol. The number of hydrogen-bond donors (Lipinski definition) is 32. The molecule has 56 nitrogen and oxygen atoms in total. The van der Waals surface area contributed by atoms with Gasteiger partial charge in [0.1, 0.15) is 201 Å². The molecule has 47 atom stereocenters. The smallest absolute Gasteiger partial charge is 0.364 e. The van der Waals surface area contributed by atoms with Crippen LogP contribution in [0.2, 0.25) is 0 Å². The third-order valence-electron chi connectivity index (χ3n) is 22.7. The number of carbonyl (C=O) groups excluding carboxylic acids is 5. The molecular weight excluding hydrogens is 1730 g/mol. The third kappa shape index (κ3) is 22.9. The van der Waals surface area contributed by atoms with Crippen molar-refractivity contribution in [2.24, 2.45) is 0 Å². The minimum absolute atomic E-state index is 0.873. The lowest BCUT2D eigenvalue weighted by atomic mass is 9.88. The van der Waals surface area contributed by atoms with Crippen LogP contribution in [0.5, 0.6) is 0 Å². The van der Waals surface area contributed by atoms with E-state index in [4.69, 9.17) is 80.5 Å². The van der Waals surface area contributed by atoms with Crippen LogP contribution in [0, 0.1) is 0 Å². The maximum Gasteiger partial charge on any atom is 0.364 e. The Hall–Kier alpha value is -5.39. The van der Waals surface area contributed by atoms with Crippen molar-refractivity contribution in [2.75, 3.05) is 52.9 Å². The summed E-state index contributed by atoms with van der Waals surface area (Å²) in [6.07, 6.45) is -90.2. The Morgan fingerprint density at radius 2 is 0.683 bits per heavy atom. The van der Waals surface area contributed by atoms with Gasteiger partial charge in [-0.2, -0.15) is 0 Å². The van der Waals surface area contributed by atoms with Gasteiger partial charge in [-0.15, -0.1) is 0 Å². The number of aliphatic hydroxyl groups excluding tert-OH is 25. The van der Waals surface area contributed by atoms with Gasteiger partial charge in [0.2, 0.25) is 29.5 Å². The summed E-state index contributed by atoms with van der Waals surface area (Å²) in [4.78, 5) is 90.5. The van der Waals surface area contributed by atoms with Crippen LogP contribution in [0.15, 0.2) is 0 Å². The molecular formula is C70H115N5O51. The topological polar surface area (TPSA) is 883 Å². The molecule has 0 spiro atoms. The molecule has 0 aromatic carbocycles. The number of amides is 5. The summed E-state index contributed by atoms with van der Waals surface area (Å²) in [6.45, 7) is -3.89. The normalized spacial score (nSPS) is 45.7. The summed E-state index contributed by atoms with van der Waals surface area (Å²) in [5.41, 5.74) is 0. The summed E-state index contributed by atoms with van der Waals surface area (Å²) in [5, 5.41) is 312. The zero-order chi connectivity index (χ0) is 93.6. The molecule has 0 aliphatic carbocycles. The van der Waals surface area contributed by atoms with Crippen LogP contribution in [0.25, 0.3) is 0 Å². The van der Waals surface area contributed by atoms with Crippen molar-refractivity contribution >= 4 is 41.5 Å². The fourth-order valence-corrected chi connectivity index (χ4v) is 16.2. The van der Waals surface area contributed by atoms with Gasteiger partial charge in [-0.3, -0.25) is 24.0 Å². The monoisotopic (exact) mass is 1840 g/mol. The van der Waals surface area contributed by atoms with Crippen molar-refractivity contribution in [3.05, 3.63) is 0 Å². The zero-order valence-electron chi connectivity index (χ0n) is 67.9. The molecule has 0 saturated carbocycles. The molecule has 0 aromatic heterocycles. The van der Waals surface area contributed by atoms with E-state index in [0.717, 1.165) is 34.6 Å². The van der Waals surface area contributed by atoms with E-state index in [1.165, 1.54) is 6.92 Å². The predicted molar refractivity (Wildman–Crippen MR) is 388 cm³/mol. The SMILES string of the molecule is CC(=O)N[C@@H]1[C@@H](O[C@@H]2O[C@H](CO)[C@H](O)[C@H](O[C@@H]3O[C@H](CO)[C@@H](O[C@@H]4O[C@H](CO)[C@H](O)[C@H](O[C@]5(C(=O)O)C[C@H](O)[C@@H](NC(C)=O)[C@H]([C@H](O)[C@H](O)CO)O5)[C@H]4O)[C@H](O)[C@H]3NC(C)=O)[C@H]2O)[C@@H](O)[C@@H](CO[C@@H]2O[C@H](CO)[C@@H](O[C@@H]3O[C@H](CO)[C@H](O)[C@H](O[C@]4(C(=O)O)C[C@H](O)[C@@H](NC(C)=O)[C@H]([C@H](O)[C@H](O)CO)O4)[C@H]3O)[C@H](O[C@@H]3O[C@@H](C)[C@@H](O)[C@@H](O)[C@@H]3O)[C@H]2NC(C)=O)O[C@@H]1O. The Balaban J connectivity index is 0.968. The molecule has 0 bridgehead atoms. The van der Waals surface area contributed by atoms with E-state index in [1.807, 2.05) is 0 Å². The van der Waals surface area contributed by atoms with Crippen LogP contribution < -0.4 is 26.6 Å². The zero-order valence-corrected chi connectivity index (χ0v) is 67.9. The standard InChI is InChI=1S/C70H115N5O51/c1-17-38(92)46(100)47(101)63(111-17)121-56-37(75-22(6)87)61(116-31(15-82)52(56)119-66-50(104)59(43(97)29(13-80)115-66)126-70(68(108)109)8-24(89)34(72-19(3)84)55(124-70)40(94)26(91)10-77)110-16-32-44(98)53(36(60(105)112-32)74-21(5)86)120-64-48(102)57(41(95)27(11-78)113-64)122-62-35(73-20(4)85)45(99)51(30(14-81)117-62)118-65-49(103)58(42(96)28(12-79)114-65)125-69(67(106)107)7-23(88)33(71-18(2)83)54(123-69)39(93)25(90)9-76/h17,23-66,76-82,88-105H,7-16H2,1-6H3,(H,71,83)(H,72,84)(H,73,85)(H,74,86)(H,75,87)(H,106,107)(H,108,109)/t17-,23-,24-,25+,26+,27+,28+,29+,30+,31+,32+,33+,34+,35+,36+,37+,38+,39+,40+,41-,42-,43-,44-,45+,46+,47-,48+,49+,50+,51+,52+,53+,54+,55+,56+,57-,58-,59-,60-,61+,62-,63-,64-,65-,66-,69-,70-/m0/s1. The molecule has 0 radical (unpaired) electrons. The maximum atomic E-state index is 13.5. The average Bonchev–Trinajstić information content (AvgIpc) is 0.751.